The number of nitrogens with one attached hydrogen (secondary N) is 3. The van der Waals surface area contributed by atoms with Gasteiger partial charge < -0.3 is 21.7 Å². The molecule has 0 fully saturated rings. The minimum atomic E-state index is 0.527. The molecule has 0 saturated heterocycles. The lowest BCUT2D eigenvalue weighted by Crippen LogP contribution is -2.33. The van der Waals surface area contributed by atoms with Crippen LogP contribution >= 0.6 is 0 Å². The summed E-state index contributed by atoms with van der Waals surface area (Å²) in [4.78, 5) is 4.35. The highest BCUT2D eigenvalue weighted by Crippen LogP contribution is 1.99. The molecule has 0 aliphatic carbocycles. The second-order valence-electron chi connectivity index (χ2n) is 6.38. The molecule has 0 aromatic heterocycles. The zero-order chi connectivity index (χ0) is 18.0. The summed E-state index contributed by atoms with van der Waals surface area (Å²) < 4.78 is 0. The molecule has 0 saturated carbocycles. The van der Waals surface area contributed by atoms with Gasteiger partial charge in [0.25, 0.3) is 0 Å². The molecule has 1 aromatic rings. The van der Waals surface area contributed by atoms with Crippen molar-refractivity contribution in [3.8, 4) is 0 Å². The average Bonchev–Trinajstić information content (AvgIpc) is 2.64. The highest BCUT2D eigenvalue weighted by molar-refractivity contribution is 5.77. The Kier molecular flexibility index (Phi) is 13.7. The fourth-order valence-corrected chi connectivity index (χ4v) is 2.47. The second kappa shape index (κ2) is 15.9. The van der Waals surface area contributed by atoms with Gasteiger partial charge in [-0.3, -0.25) is 0 Å². The smallest absolute Gasteiger partial charge is 0.188 e. The summed E-state index contributed by atoms with van der Waals surface area (Å²) >= 11 is 0. The van der Waals surface area contributed by atoms with Crippen molar-refractivity contribution in [1.29, 1.82) is 0 Å². The lowest BCUT2D eigenvalue weighted by molar-refractivity contribution is 0.557. The van der Waals surface area contributed by atoms with Crippen molar-refractivity contribution in [3.63, 3.8) is 0 Å². The number of guanidine groups is 1. The van der Waals surface area contributed by atoms with Crippen molar-refractivity contribution < 1.29 is 0 Å². The molecular formula is C20H37N5. The first-order valence-corrected chi connectivity index (χ1v) is 9.82. The molecule has 0 aliphatic rings. The zero-order valence-corrected chi connectivity index (χ0v) is 15.9. The molecule has 5 nitrogen and oxygen atoms in total. The number of hydrogen-bond acceptors (Lipinski definition) is 3. The van der Waals surface area contributed by atoms with Crippen LogP contribution in [0.25, 0.3) is 0 Å². The fourth-order valence-electron chi connectivity index (χ4n) is 2.47. The zero-order valence-electron chi connectivity index (χ0n) is 15.9. The van der Waals surface area contributed by atoms with Crippen molar-refractivity contribution in [2.24, 2.45) is 10.7 Å². The van der Waals surface area contributed by atoms with E-state index in [4.69, 9.17) is 5.73 Å². The lowest BCUT2D eigenvalue weighted by Gasteiger charge is -2.07. The lowest BCUT2D eigenvalue weighted by atomic mass is 10.2. The Hall–Kier alpha value is -1.59. The predicted octanol–water partition coefficient (Wildman–Crippen LogP) is 2.63. The Morgan fingerprint density at radius 2 is 1.48 bits per heavy atom. The molecule has 0 spiro atoms. The van der Waals surface area contributed by atoms with E-state index in [1.807, 2.05) is 18.2 Å². The summed E-state index contributed by atoms with van der Waals surface area (Å²) in [5, 5.41) is 10.1. The molecule has 0 unspecified atom stereocenters. The summed E-state index contributed by atoms with van der Waals surface area (Å²) in [6.07, 6.45) is 7.45. The molecule has 5 N–H and O–H groups in total. The van der Waals surface area contributed by atoms with Crippen LogP contribution < -0.4 is 21.7 Å². The van der Waals surface area contributed by atoms with Crippen LogP contribution in [-0.4, -0.2) is 38.7 Å². The van der Waals surface area contributed by atoms with Gasteiger partial charge in [0.05, 0.1) is 6.54 Å². The minimum Gasteiger partial charge on any atom is -0.370 e. The number of hydrogen-bond donors (Lipinski definition) is 4. The summed E-state index contributed by atoms with van der Waals surface area (Å²) in [6, 6.07) is 10.2. The molecule has 5 heteroatoms. The van der Waals surface area contributed by atoms with Crippen molar-refractivity contribution in [2.75, 3.05) is 32.7 Å². The number of nitrogens with two attached hydrogens (primary N) is 1. The van der Waals surface area contributed by atoms with Gasteiger partial charge in [0.15, 0.2) is 5.96 Å². The van der Waals surface area contributed by atoms with Crippen LogP contribution in [0.3, 0.4) is 0 Å². The van der Waals surface area contributed by atoms with E-state index >= 15 is 0 Å². The molecule has 0 bridgehead atoms. The fraction of sp³-hybridized carbons (Fsp3) is 0.650. The minimum absolute atomic E-state index is 0.527. The molecular weight excluding hydrogens is 310 g/mol. The molecule has 1 aromatic carbocycles. The Morgan fingerprint density at radius 1 is 0.840 bits per heavy atom. The van der Waals surface area contributed by atoms with E-state index in [2.05, 4.69) is 40.0 Å². The van der Waals surface area contributed by atoms with Gasteiger partial charge in [-0.15, -0.1) is 0 Å². The van der Waals surface area contributed by atoms with Crippen molar-refractivity contribution in [2.45, 2.75) is 52.0 Å². The Morgan fingerprint density at radius 3 is 2.16 bits per heavy atom. The second-order valence-corrected chi connectivity index (χ2v) is 6.38. The van der Waals surface area contributed by atoms with Gasteiger partial charge in [0.2, 0.25) is 0 Å². The SMILES string of the molecule is CCCCNCCCCCNCCCNC(N)=NCc1ccccc1. The monoisotopic (exact) mass is 347 g/mol. The van der Waals surface area contributed by atoms with Gasteiger partial charge in [-0.2, -0.15) is 0 Å². The Labute approximate surface area is 153 Å². The number of benzene rings is 1. The quantitative estimate of drug-likeness (QED) is 0.224. The van der Waals surface area contributed by atoms with E-state index in [0.717, 1.165) is 32.6 Å². The predicted molar refractivity (Wildman–Crippen MR) is 109 cm³/mol. The number of aliphatic imine (C=N–C) groups is 1. The normalized spacial score (nSPS) is 11.6. The van der Waals surface area contributed by atoms with Crippen molar-refractivity contribution in [1.82, 2.24) is 16.0 Å². The van der Waals surface area contributed by atoms with E-state index in [-0.39, 0.29) is 0 Å². The van der Waals surface area contributed by atoms with Gasteiger partial charge in [-0.25, -0.2) is 4.99 Å². The first-order chi connectivity index (χ1) is 12.3. The summed E-state index contributed by atoms with van der Waals surface area (Å²) in [5.41, 5.74) is 7.05. The van der Waals surface area contributed by atoms with Crippen LogP contribution in [0.4, 0.5) is 0 Å². The molecule has 1 rings (SSSR count). The van der Waals surface area contributed by atoms with E-state index < -0.39 is 0 Å². The van der Waals surface area contributed by atoms with Gasteiger partial charge in [-0.05, 0) is 57.4 Å². The highest BCUT2D eigenvalue weighted by Gasteiger charge is 1.94. The van der Waals surface area contributed by atoms with Gasteiger partial charge >= 0.3 is 0 Å². The van der Waals surface area contributed by atoms with E-state index in [1.54, 1.807) is 0 Å². The number of nitrogens with zero attached hydrogens (tertiary/aromatic N) is 1. The van der Waals surface area contributed by atoms with Gasteiger partial charge in [-0.1, -0.05) is 50.1 Å². The van der Waals surface area contributed by atoms with Crippen molar-refractivity contribution >= 4 is 5.96 Å². The third kappa shape index (κ3) is 13.4. The maximum Gasteiger partial charge on any atom is 0.188 e. The Balaban J connectivity index is 1.85. The first kappa shape index (κ1) is 21.5. The third-order valence-corrected chi connectivity index (χ3v) is 4.03. The Bertz CT molecular complexity index is 433. The highest BCUT2D eigenvalue weighted by atomic mass is 15.1. The molecule has 25 heavy (non-hydrogen) atoms. The number of rotatable bonds is 15. The maximum absolute atomic E-state index is 5.87. The topological polar surface area (TPSA) is 74.5 Å². The molecule has 0 atom stereocenters. The van der Waals surface area contributed by atoms with Crippen LogP contribution in [0.2, 0.25) is 0 Å². The van der Waals surface area contributed by atoms with Crippen LogP contribution in [0, 0.1) is 0 Å². The van der Waals surface area contributed by atoms with Gasteiger partial charge in [0, 0.05) is 6.54 Å². The average molecular weight is 348 g/mol. The molecule has 0 heterocycles. The van der Waals surface area contributed by atoms with Crippen LogP contribution in [0.15, 0.2) is 35.3 Å². The summed E-state index contributed by atoms with van der Waals surface area (Å²) in [7, 11) is 0. The van der Waals surface area contributed by atoms with E-state index in [0.29, 0.717) is 12.5 Å². The van der Waals surface area contributed by atoms with E-state index in [9.17, 15) is 0 Å². The standard InChI is InChI=1S/C20H37N5/c1-2-3-13-22-14-8-5-9-15-23-16-10-17-24-20(21)25-18-19-11-6-4-7-12-19/h4,6-7,11-12,22-23H,2-3,5,8-10,13-18H2,1H3,(H3,21,24,25). The van der Waals surface area contributed by atoms with Crippen LogP contribution in [0.1, 0.15) is 51.0 Å². The molecule has 0 aliphatic heterocycles. The van der Waals surface area contributed by atoms with Crippen LogP contribution in [-0.2, 0) is 6.54 Å². The number of unbranched alkanes of at least 4 members (excludes halogenated alkanes) is 3. The maximum atomic E-state index is 5.87. The molecule has 142 valence electrons. The first-order valence-electron chi connectivity index (χ1n) is 9.82. The van der Waals surface area contributed by atoms with Crippen molar-refractivity contribution in [3.05, 3.63) is 35.9 Å². The largest absolute Gasteiger partial charge is 0.370 e. The molecule has 0 amide bonds. The van der Waals surface area contributed by atoms with Gasteiger partial charge in [0.1, 0.15) is 0 Å². The third-order valence-electron chi connectivity index (χ3n) is 4.03. The van der Waals surface area contributed by atoms with E-state index in [1.165, 1.54) is 44.2 Å². The molecule has 0 radical (unpaired) electrons. The summed E-state index contributed by atoms with van der Waals surface area (Å²) in [5.74, 6) is 0.527. The van der Waals surface area contributed by atoms with Crippen LogP contribution in [0.5, 0.6) is 0 Å². The summed E-state index contributed by atoms with van der Waals surface area (Å²) in [6.45, 7) is 8.17.